The molecule has 0 saturated carbocycles. The molecule has 0 radical (unpaired) electrons. The predicted octanol–water partition coefficient (Wildman–Crippen LogP) is 2.64. The van der Waals surface area contributed by atoms with Crippen LogP contribution in [0.1, 0.15) is 12.0 Å². The molecule has 4 nitrogen and oxygen atoms in total. The van der Waals surface area contributed by atoms with Crippen molar-refractivity contribution in [3.63, 3.8) is 0 Å². The van der Waals surface area contributed by atoms with Gasteiger partial charge in [-0.3, -0.25) is 9.88 Å². The second kappa shape index (κ2) is 6.24. The van der Waals surface area contributed by atoms with E-state index in [9.17, 15) is 13.9 Å². The van der Waals surface area contributed by atoms with Crippen LogP contribution >= 0.6 is 11.6 Å². The summed E-state index contributed by atoms with van der Waals surface area (Å²) in [7, 11) is 0. The molecule has 0 aromatic carbocycles. The van der Waals surface area contributed by atoms with Crippen molar-refractivity contribution in [3.8, 4) is 11.3 Å². The van der Waals surface area contributed by atoms with Gasteiger partial charge in [-0.25, -0.2) is 13.8 Å². The minimum Gasteiger partial charge on any atom is -0.392 e. The van der Waals surface area contributed by atoms with E-state index in [0.29, 0.717) is 18.7 Å². The summed E-state index contributed by atoms with van der Waals surface area (Å²) in [4.78, 5) is 9.79. The van der Waals surface area contributed by atoms with Gasteiger partial charge in [0.15, 0.2) is 0 Å². The molecule has 1 aliphatic rings. The number of hydrogen-bond donors (Lipinski definition) is 1. The maximum Gasteiger partial charge on any atom is 0.149 e. The minimum atomic E-state index is -0.665. The lowest BCUT2D eigenvalue weighted by Gasteiger charge is -2.15. The minimum absolute atomic E-state index is 0.00543. The molecule has 0 aliphatic carbocycles. The largest absolute Gasteiger partial charge is 0.392 e. The Bertz CT molecular complexity index is 698. The van der Waals surface area contributed by atoms with Gasteiger partial charge in [0, 0.05) is 38.1 Å². The first kappa shape index (κ1) is 15.3. The topological polar surface area (TPSA) is 49.2 Å². The van der Waals surface area contributed by atoms with Crippen molar-refractivity contribution in [1.29, 1.82) is 0 Å². The van der Waals surface area contributed by atoms with E-state index in [1.165, 1.54) is 18.5 Å². The second-order valence-electron chi connectivity index (χ2n) is 5.34. The average Bonchev–Trinajstić information content (AvgIpc) is 2.85. The Morgan fingerprint density at radius 3 is 2.68 bits per heavy atom. The van der Waals surface area contributed by atoms with Crippen molar-refractivity contribution in [3.05, 3.63) is 46.9 Å². The van der Waals surface area contributed by atoms with Crippen molar-refractivity contribution in [2.45, 2.75) is 19.1 Å². The van der Waals surface area contributed by atoms with Gasteiger partial charge in [0.25, 0.3) is 0 Å². The van der Waals surface area contributed by atoms with Gasteiger partial charge in [0.1, 0.15) is 22.5 Å². The first-order valence-corrected chi connectivity index (χ1v) is 7.27. The molecule has 22 heavy (non-hydrogen) atoms. The van der Waals surface area contributed by atoms with Gasteiger partial charge in [0.05, 0.1) is 11.7 Å². The highest BCUT2D eigenvalue weighted by molar-refractivity contribution is 6.29. The van der Waals surface area contributed by atoms with Crippen LogP contribution < -0.4 is 0 Å². The molecule has 0 unspecified atom stereocenters. The van der Waals surface area contributed by atoms with E-state index in [1.54, 1.807) is 0 Å². The number of aliphatic hydroxyl groups is 1. The van der Waals surface area contributed by atoms with Gasteiger partial charge in [-0.1, -0.05) is 11.6 Å². The Morgan fingerprint density at radius 2 is 2.05 bits per heavy atom. The predicted molar refractivity (Wildman–Crippen MR) is 78.3 cm³/mol. The fraction of sp³-hybridized carbons (Fsp3) is 0.333. The van der Waals surface area contributed by atoms with E-state index in [4.69, 9.17) is 11.6 Å². The maximum atomic E-state index is 14.2. The molecule has 0 amide bonds. The van der Waals surface area contributed by atoms with Crippen LogP contribution in [-0.2, 0) is 6.54 Å². The first-order valence-electron chi connectivity index (χ1n) is 6.89. The molecule has 3 heterocycles. The highest BCUT2D eigenvalue weighted by Crippen LogP contribution is 2.25. The van der Waals surface area contributed by atoms with Crippen LogP contribution in [0.15, 0.2) is 24.5 Å². The third-order valence-electron chi connectivity index (χ3n) is 3.63. The van der Waals surface area contributed by atoms with Gasteiger partial charge in [-0.2, -0.15) is 0 Å². The van der Waals surface area contributed by atoms with Crippen molar-refractivity contribution in [2.24, 2.45) is 0 Å². The average molecular weight is 326 g/mol. The SMILES string of the molecule is O[C@@H]1CCN(Cc2cnc(-c3cnc(Cl)cc3F)c(F)c2)C1. The van der Waals surface area contributed by atoms with Crippen molar-refractivity contribution in [1.82, 2.24) is 14.9 Å². The van der Waals surface area contributed by atoms with Crippen LogP contribution in [0.4, 0.5) is 8.78 Å². The number of aliphatic hydroxyl groups excluding tert-OH is 1. The van der Waals surface area contributed by atoms with E-state index in [1.807, 2.05) is 4.90 Å². The van der Waals surface area contributed by atoms with Crippen LogP contribution in [0.3, 0.4) is 0 Å². The summed E-state index contributed by atoms with van der Waals surface area (Å²) in [5, 5.41) is 9.49. The number of β-amino-alcohol motifs (C(OH)–C–C–N with tert-alkyl or cyclic N) is 1. The number of rotatable bonds is 3. The Balaban J connectivity index is 1.83. The number of likely N-dealkylation sites (tertiary alicyclic amines) is 1. The van der Waals surface area contributed by atoms with E-state index in [-0.39, 0.29) is 22.5 Å². The van der Waals surface area contributed by atoms with E-state index < -0.39 is 11.6 Å². The van der Waals surface area contributed by atoms with Crippen molar-refractivity contribution < 1.29 is 13.9 Å². The zero-order valence-electron chi connectivity index (χ0n) is 11.6. The molecule has 0 bridgehead atoms. The van der Waals surface area contributed by atoms with Gasteiger partial charge in [-0.05, 0) is 18.1 Å². The Kier molecular flexibility index (Phi) is 4.33. The van der Waals surface area contributed by atoms with Crippen LogP contribution in [0.25, 0.3) is 11.3 Å². The first-order chi connectivity index (χ1) is 10.5. The van der Waals surface area contributed by atoms with Gasteiger partial charge in [0.2, 0.25) is 0 Å². The van der Waals surface area contributed by atoms with Crippen LogP contribution in [0.2, 0.25) is 5.15 Å². The standard InChI is InChI=1S/C15H14ClF2N3O/c16-14-4-12(17)11(6-19-14)15-13(18)3-9(5-20-15)7-21-2-1-10(22)8-21/h3-6,10,22H,1-2,7-8H2/t10-/m1/s1. The molecule has 116 valence electrons. The lowest BCUT2D eigenvalue weighted by atomic mass is 10.1. The molecule has 1 atom stereocenters. The number of nitrogens with zero attached hydrogens (tertiary/aromatic N) is 3. The smallest absolute Gasteiger partial charge is 0.149 e. The molecule has 7 heteroatoms. The summed E-state index contributed by atoms with van der Waals surface area (Å²) in [6.07, 6.45) is 3.07. The monoisotopic (exact) mass is 325 g/mol. The van der Waals surface area contributed by atoms with Crippen LogP contribution in [0.5, 0.6) is 0 Å². The Labute approximate surface area is 131 Å². The quantitative estimate of drug-likeness (QED) is 0.881. The van der Waals surface area contributed by atoms with E-state index in [0.717, 1.165) is 19.0 Å². The fourth-order valence-corrected chi connectivity index (χ4v) is 2.70. The third-order valence-corrected chi connectivity index (χ3v) is 3.83. The Morgan fingerprint density at radius 1 is 1.23 bits per heavy atom. The summed E-state index contributed by atoms with van der Waals surface area (Å²) < 4.78 is 28.0. The van der Waals surface area contributed by atoms with E-state index in [2.05, 4.69) is 9.97 Å². The summed E-state index contributed by atoms with van der Waals surface area (Å²) in [5.41, 5.74) is 0.564. The molecule has 1 fully saturated rings. The molecule has 0 spiro atoms. The summed E-state index contributed by atoms with van der Waals surface area (Å²) >= 11 is 5.59. The van der Waals surface area contributed by atoms with Crippen LogP contribution in [0, 0.1) is 11.6 Å². The summed E-state index contributed by atoms with van der Waals surface area (Å²) in [6, 6.07) is 2.36. The fourth-order valence-electron chi connectivity index (χ4n) is 2.56. The molecule has 3 rings (SSSR count). The number of halogens is 3. The number of hydrogen-bond acceptors (Lipinski definition) is 4. The molecule has 1 N–H and O–H groups in total. The highest BCUT2D eigenvalue weighted by Gasteiger charge is 2.21. The number of aromatic nitrogens is 2. The third kappa shape index (κ3) is 3.24. The van der Waals surface area contributed by atoms with Crippen LogP contribution in [-0.4, -0.2) is 39.2 Å². The van der Waals surface area contributed by atoms with Crippen molar-refractivity contribution in [2.75, 3.05) is 13.1 Å². The van der Waals surface area contributed by atoms with Gasteiger partial charge < -0.3 is 5.11 Å². The molecule has 1 aliphatic heterocycles. The molecule has 2 aromatic rings. The number of pyridine rings is 2. The summed E-state index contributed by atoms with van der Waals surface area (Å²) in [6.45, 7) is 1.84. The van der Waals surface area contributed by atoms with Gasteiger partial charge in [-0.15, -0.1) is 0 Å². The lowest BCUT2D eigenvalue weighted by Crippen LogP contribution is -2.21. The Hall–Kier alpha value is -1.63. The highest BCUT2D eigenvalue weighted by atomic mass is 35.5. The van der Waals surface area contributed by atoms with E-state index >= 15 is 0 Å². The molecule has 1 saturated heterocycles. The molecular weight excluding hydrogens is 312 g/mol. The molecular formula is C15H14ClF2N3O. The van der Waals surface area contributed by atoms with Gasteiger partial charge >= 0.3 is 0 Å². The summed E-state index contributed by atoms with van der Waals surface area (Å²) in [5.74, 6) is -1.28. The maximum absolute atomic E-state index is 14.2. The molecule has 2 aromatic heterocycles. The zero-order valence-corrected chi connectivity index (χ0v) is 12.4. The lowest BCUT2D eigenvalue weighted by molar-refractivity contribution is 0.174. The van der Waals surface area contributed by atoms with Crippen molar-refractivity contribution >= 4 is 11.6 Å². The normalized spacial score (nSPS) is 18.8. The zero-order chi connectivity index (χ0) is 15.7. The second-order valence-corrected chi connectivity index (χ2v) is 5.73.